The Morgan fingerprint density at radius 1 is 0.519 bits per heavy atom. The minimum absolute atomic E-state index is 0.0744. The lowest BCUT2D eigenvalue weighted by molar-refractivity contribution is -0.161. The first-order chi connectivity index (χ1) is 25.3. The molecule has 0 radical (unpaired) electrons. The second-order valence-electron chi connectivity index (χ2n) is 12.5. The van der Waals surface area contributed by atoms with Gasteiger partial charge in [0, 0.05) is 12.8 Å². The summed E-state index contributed by atoms with van der Waals surface area (Å²) in [5.74, 6) is -1.03. The van der Waals surface area contributed by atoms with Crippen molar-refractivity contribution in [1.82, 2.24) is 0 Å². The third-order valence-corrected chi connectivity index (χ3v) is 8.09. The fraction of sp³-hybridized carbons (Fsp3) is 0.581. The molecule has 8 nitrogen and oxygen atoms in total. The summed E-state index contributed by atoms with van der Waals surface area (Å²) >= 11 is 0. The molecule has 0 amide bonds. The van der Waals surface area contributed by atoms with Gasteiger partial charge in [0.25, 0.3) is 0 Å². The van der Waals surface area contributed by atoms with Crippen LogP contribution in [0.15, 0.2) is 97.2 Å². The molecule has 52 heavy (non-hydrogen) atoms. The number of carbonyl (C=O) groups is 2. The zero-order valence-electron chi connectivity index (χ0n) is 32.2. The van der Waals surface area contributed by atoms with Crippen molar-refractivity contribution in [1.29, 1.82) is 0 Å². The number of hydrogen-bond acceptors (Lipinski definition) is 6. The number of unbranched alkanes of at least 4 members (excludes halogenated alkanes) is 8. The van der Waals surface area contributed by atoms with Gasteiger partial charge in [0.15, 0.2) is 6.10 Å². The van der Waals surface area contributed by atoms with Crippen LogP contribution in [-0.4, -0.2) is 41.0 Å². The molecule has 0 aliphatic carbocycles. The van der Waals surface area contributed by atoms with E-state index in [9.17, 15) is 14.2 Å². The molecular formula is C43H69O8P. The van der Waals surface area contributed by atoms with Crippen molar-refractivity contribution in [3.8, 4) is 0 Å². The molecule has 0 spiro atoms. The van der Waals surface area contributed by atoms with E-state index in [0.717, 1.165) is 64.2 Å². The van der Waals surface area contributed by atoms with Crippen LogP contribution in [0.1, 0.15) is 142 Å². The van der Waals surface area contributed by atoms with Crippen LogP contribution in [-0.2, 0) is 28.2 Å². The van der Waals surface area contributed by atoms with Gasteiger partial charge in [-0.3, -0.25) is 14.1 Å². The molecule has 0 bridgehead atoms. The van der Waals surface area contributed by atoms with Crippen molar-refractivity contribution in [3.63, 3.8) is 0 Å². The normalized spacial score (nSPS) is 13.5. The van der Waals surface area contributed by atoms with Crippen LogP contribution in [0.2, 0.25) is 0 Å². The Balaban J connectivity index is 4.17. The van der Waals surface area contributed by atoms with Gasteiger partial charge in [-0.15, -0.1) is 0 Å². The van der Waals surface area contributed by atoms with Crippen molar-refractivity contribution in [2.75, 3.05) is 13.2 Å². The molecule has 0 fully saturated rings. The lowest BCUT2D eigenvalue weighted by Crippen LogP contribution is -2.29. The van der Waals surface area contributed by atoms with Crippen molar-refractivity contribution in [2.45, 2.75) is 148 Å². The van der Waals surface area contributed by atoms with Crippen LogP contribution in [0.5, 0.6) is 0 Å². The number of esters is 2. The van der Waals surface area contributed by atoms with Crippen molar-refractivity contribution < 1.29 is 37.9 Å². The SMILES string of the molecule is CC/C=C/C/C=C/C/C=C/C/C=C/C/C=C/C/C=C/CCC(=O)O[C@H](COC(=O)CCCC/C=C/C/C=C/CCCCCCCC)COP(=O)(O)O. The first kappa shape index (κ1) is 49.0. The number of allylic oxidation sites excluding steroid dienone is 16. The quantitative estimate of drug-likeness (QED) is 0.0289. The maximum absolute atomic E-state index is 12.3. The first-order valence-corrected chi connectivity index (χ1v) is 21.1. The molecular weight excluding hydrogens is 675 g/mol. The summed E-state index contributed by atoms with van der Waals surface area (Å²) in [6.07, 6.45) is 51.4. The zero-order chi connectivity index (χ0) is 38.2. The molecule has 0 aromatic carbocycles. The second kappa shape index (κ2) is 37.7. The van der Waals surface area contributed by atoms with E-state index < -0.39 is 32.5 Å². The molecule has 0 aromatic rings. The van der Waals surface area contributed by atoms with Gasteiger partial charge in [0.2, 0.25) is 0 Å². The largest absolute Gasteiger partial charge is 0.469 e. The van der Waals surface area contributed by atoms with E-state index in [2.05, 4.69) is 103 Å². The predicted octanol–water partition coefficient (Wildman–Crippen LogP) is 11.8. The average molecular weight is 745 g/mol. The van der Waals surface area contributed by atoms with Gasteiger partial charge in [-0.2, -0.15) is 0 Å². The fourth-order valence-electron chi connectivity index (χ4n) is 4.72. The Labute approximate surface area is 315 Å². The molecule has 0 rings (SSSR count). The molecule has 0 saturated heterocycles. The lowest BCUT2D eigenvalue weighted by atomic mass is 10.1. The van der Waals surface area contributed by atoms with Crippen LogP contribution in [0.25, 0.3) is 0 Å². The Morgan fingerprint density at radius 3 is 1.46 bits per heavy atom. The third-order valence-electron chi connectivity index (χ3n) is 7.60. The number of ether oxygens (including phenoxy) is 2. The highest BCUT2D eigenvalue weighted by atomic mass is 31.2. The number of hydrogen-bond donors (Lipinski definition) is 2. The van der Waals surface area contributed by atoms with Gasteiger partial charge < -0.3 is 19.3 Å². The predicted molar refractivity (Wildman–Crippen MR) is 216 cm³/mol. The Kier molecular flexibility index (Phi) is 35.5. The van der Waals surface area contributed by atoms with E-state index in [0.29, 0.717) is 12.8 Å². The van der Waals surface area contributed by atoms with E-state index in [-0.39, 0.29) is 19.4 Å². The maximum atomic E-state index is 12.3. The highest BCUT2D eigenvalue weighted by Gasteiger charge is 2.22. The van der Waals surface area contributed by atoms with Gasteiger partial charge >= 0.3 is 19.8 Å². The minimum atomic E-state index is -4.79. The first-order valence-electron chi connectivity index (χ1n) is 19.5. The number of rotatable bonds is 34. The zero-order valence-corrected chi connectivity index (χ0v) is 33.1. The van der Waals surface area contributed by atoms with E-state index in [1.807, 2.05) is 12.2 Å². The average Bonchev–Trinajstić information content (AvgIpc) is 3.11. The summed E-state index contributed by atoms with van der Waals surface area (Å²) in [6, 6.07) is 0. The van der Waals surface area contributed by atoms with Crippen molar-refractivity contribution >= 4 is 19.8 Å². The van der Waals surface area contributed by atoms with Crippen LogP contribution >= 0.6 is 7.82 Å². The van der Waals surface area contributed by atoms with Crippen LogP contribution in [0, 0.1) is 0 Å². The molecule has 0 aliphatic heterocycles. The molecule has 0 unspecified atom stereocenters. The second-order valence-corrected chi connectivity index (χ2v) is 13.8. The van der Waals surface area contributed by atoms with Gasteiger partial charge in [-0.05, 0) is 83.5 Å². The summed E-state index contributed by atoms with van der Waals surface area (Å²) in [5.41, 5.74) is 0. The molecule has 0 aromatic heterocycles. The summed E-state index contributed by atoms with van der Waals surface area (Å²) in [5, 5.41) is 0. The highest BCUT2D eigenvalue weighted by molar-refractivity contribution is 7.46. The maximum Gasteiger partial charge on any atom is 0.469 e. The van der Waals surface area contributed by atoms with Crippen LogP contribution < -0.4 is 0 Å². The molecule has 0 heterocycles. The van der Waals surface area contributed by atoms with E-state index in [4.69, 9.17) is 19.3 Å². The lowest BCUT2D eigenvalue weighted by Gasteiger charge is -2.18. The molecule has 0 saturated carbocycles. The summed E-state index contributed by atoms with van der Waals surface area (Å²) < 4.78 is 26.2. The van der Waals surface area contributed by atoms with Crippen LogP contribution in [0.3, 0.4) is 0 Å². The molecule has 294 valence electrons. The van der Waals surface area contributed by atoms with E-state index >= 15 is 0 Å². The summed E-state index contributed by atoms with van der Waals surface area (Å²) in [7, 11) is -4.79. The van der Waals surface area contributed by atoms with E-state index in [1.165, 1.54) is 38.5 Å². The van der Waals surface area contributed by atoms with Gasteiger partial charge in [-0.25, -0.2) is 4.57 Å². The monoisotopic (exact) mass is 744 g/mol. The Morgan fingerprint density at radius 2 is 0.962 bits per heavy atom. The van der Waals surface area contributed by atoms with Crippen LogP contribution in [0.4, 0.5) is 0 Å². The molecule has 0 aliphatic rings. The molecule has 9 heteroatoms. The van der Waals surface area contributed by atoms with Gasteiger partial charge in [0.1, 0.15) is 6.61 Å². The number of carbonyl (C=O) groups excluding carboxylic acids is 2. The van der Waals surface area contributed by atoms with Crippen molar-refractivity contribution in [2.24, 2.45) is 0 Å². The van der Waals surface area contributed by atoms with E-state index in [1.54, 1.807) is 0 Å². The van der Waals surface area contributed by atoms with Crippen molar-refractivity contribution in [3.05, 3.63) is 97.2 Å². The topological polar surface area (TPSA) is 119 Å². The van der Waals surface area contributed by atoms with Gasteiger partial charge in [0.05, 0.1) is 6.61 Å². The fourth-order valence-corrected chi connectivity index (χ4v) is 5.08. The molecule has 2 N–H and O–H groups in total. The standard InChI is InChI=1S/C43H69O8P/c1-3-5-7-9-11-13-15-17-19-20-21-22-24-26-28-30-32-34-36-38-43(45)51-41(40-50-52(46,47)48)39-49-42(44)37-35-33-31-29-27-25-23-18-16-14-12-10-8-6-4-2/h5,7,11,13,17-19,21-23,26-29,32,34,41H,3-4,6,8-10,12,14-16,20,24-25,30-31,33,35-40H2,1-2H3,(H2,46,47,48)/b7-5+,13-11+,19-17+,22-21+,23-18+,28-26+,29-27+,34-32+/t41-/m1/s1. The summed E-state index contributed by atoms with van der Waals surface area (Å²) in [4.78, 5) is 42.7. The molecule has 1 atom stereocenters. The minimum Gasteiger partial charge on any atom is -0.462 e. The third kappa shape index (κ3) is 39.8. The summed E-state index contributed by atoms with van der Waals surface area (Å²) in [6.45, 7) is 3.45. The smallest absolute Gasteiger partial charge is 0.462 e. The highest BCUT2D eigenvalue weighted by Crippen LogP contribution is 2.35. The number of phosphoric acid groups is 1. The Bertz CT molecular complexity index is 1160. The van der Waals surface area contributed by atoms with Gasteiger partial charge in [-0.1, -0.05) is 143 Å². The number of phosphoric ester groups is 1. The Hall–Kier alpha value is -3.03.